The largest absolute Gasteiger partial charge is 0.479 e. The van der Waals surface area contributed by atoms with Gasteiger partial charge < -0.3 is 39.0 Å². The van der Waals surface area contributed by atoms with Gasteiger partial charge in [-0.05, 0) is 109 Å². The highest BCUT2D eigenvalue weighted by molar-refractivity contribution is 5.74. The molecule has 0 saturated carbocycles. The maximum Gasteiger partial charge on any atom is 0.335 e. The second-order valence-corrected chi connectivity index (χ2v) is 18.8. The van der Waals surface area contributed by atoms with Gasteiger partial charge in [0.15, 0.2) is 24.6 Å². The Hall–Kier alpha value is -4.88. The van der Waals surface area contributed by atoms with Gasteiger partial charge in [-0.15, -0.1) is 0 Å². The van der Waals surface area contributed by atoms with Crippen LogP contribution in [0.2, 0.25) is 0 Å². The van der Waals surface area contributed by atoms with E-state index < -0.39 is 67.3 Å². The number of aliphatic hydroxyl groups excluding tert-OH is 2. The van der Waals surface area contributed by atoms with E-state index in [4.69, 9.17) is 23.7 Å². The van der Waals surface area contributed by atoms with Crippen LogP contribution >= 0.6 is 0 Å². The van der Waals surface area contributed by atoms with Gasteiger partial charge in [-0.1, -0.05) is 194 Å². The third-order valence-electron chi connectivity index (χ3n) is 12.0. The maximum absolute atomic E-state index is 13.1. The molecule has 75 heavy (non-hydrogen) atoms. The average Bonchev–Trinajstić information content (AvgIpc) is 3.39. The molecule has 12 heteroatoms. The number of allylic oxidation sites excluding steroid dienone is 20. The summed E-state index contributed by atoms with van der Waals surface area (Å²) in [4.78, 5) is 51.0. The predicted octanol–water partition coefficient (Wildman–Crippen LogP) is 14.4. The van der Waals surface area contributed by atoms with E-state index in [0.717, 1.165) is 135 Å². The Morgan fingerprint density at radius 2 is 0.867 bits per heavy atom. The quantitative estimate of drug-likeness (QED) is 0.0228. The van der Waals surface area contributed by atoms with Gasteiger partial charge in [0, 0.05) is 19.3 Å². The number of aliphatic hydroxyl groups is 2. The van der Waals surface area contributed by atoms with Gasteiger partial charge in [0.1, 0.15) is 18.8 Å². The predicted molar refractivity (Wildman–Crippen MR) is 303 cm³/mol. The molecule has 422 valence electrons. The van der Waals surface area contributed by atoms with E-state index >= 15 is 0 Å². The summed E-state index contributed by atoms with van der Waals surface area (Å²) in [5.74, 6) is -3.29. The second kappa shape index (κ2) is 50.0. The molecule has 0 amide bonds. The van der Waals surface area contributed by atoms with Crippen molar-refractivity contribution in [2.24, 2.45) is 0 Å². The van der Waals surface area contributed by atoms with E-state index in [1.54, 1.807) is 0 Å². The van der Waals surface area contributed by atoms with E-state index in [1.807, 2.05) is 18.2 Å². The van der Waals surface area contributed by atoms with Crippen molar-refractivity contribution in [2.45, 2.75) is 237 Å². The van der Waals surface area contributed by atoms with E-state index in [0.29, 0.717) is 25.7 Å². The fraction of sp³-hybridized carbons (Fsp3) is 0.619. The van der Waals surface area contributed by atoms with Crippen LogP contribution in [0.15, 0.2) is 122 Å². The number of hydrogen-bond donors (Lipinski definition) is 3. The summed E-state index contributed by atoms with van der Waals surface area (Å²) >= 11 is 0. The molecule has 1 aliphatic rings. The molecule has 1 saturated heterocycles. The zero-order valence-corrected chi connectivity index (χ0v) is 46.2. The summed E-state index contributed by atoms with van der Waals surface area (Å²) in [6, 6.07) is 0. The molecule has 0 radical (unpaired) electrons. The number of carbonyl (C=O) groups excluding carboxylic acids is 3. The van der Waals surface area contributed by atoms with E-state index in [-0.39, 0.29) is 25.9 Å². The number of aliphatic carboxylic acids is 1. The molecule has 1 aliphatic heterocycles. The third kappa shape index (κ3) is 40.1. The van der Waals surface area contributed by atoms with Crippen LogP contribution in [-0.2, 0) is 42.9 Å². The molecule has 6 atom stereocenters. The highest BCUT2D eigenvalue weighted by Crippen LogP contribution is 2.26. The summed E-state index contributed by atoms with van der Waals surface area (Å²) < 4.78 is 28.3. The van der Waals surface area contributed by atoms with Crippen molar-refractivity contribution >= 4 is 23.9 Å². The summed E-state index contributed by atoms with van der Waals surface area (Å²) in [5, 5.41) is 31.4. The van der Waals surface area contributed by atoms with Crippen molar-refractivity contribution < 1.29 is 58.2 Å². The molecule has 0 bridgehead atoms. The standard InChI is InChI=1S/C63H98O12/c1-4-7-10-13-16-19-22-25-26-27-28-29-30-33-36-39-42-45-48-51-57(66)74-61-59(68)58(67)60(62(69)70)75-63(61)72-53-54(73-56(65)50-47-44-41-38-35-32-24-21-18-15-12-9-6-3)52-71-55(64)49-46-43-40-37-34-31-23-20-17-14-11-8-5-2/h7,10-12,14-16,19-21,23-26,28-29,33,36,42,45,54,58-61,63,67-68H,4-6,8-9,13,17-18,22,27,30-32,34-35,37-41,43-44,46-53H2,1-3H3,(H,69,70)/b10-7-,14-11-,15-12-,19-16-,23-20-,24-21-,26-25-,29-28-,36-33-,45-42-. The Kier molecular flexibility index (Phi) is 45.4. The molecule has 0 aromatic carbocycles. The number of carboxylic acid groups (broad SMARTS) is 1. The monoisotopic (exact) mass is 1050 g/mol. The molecular weight excluding hydrogens is 949 g/mol. The van der Waals surface area contributed by atoms with Crippen molar-refractivity contribution in [3.8, 4) is 0 Å². The highest BCUT2D eigenvalue weighted by Gasteiger charge is 2.50. The first-order valence-corrected chi connectivity index (χ1v) is 28.5. The highest BCUT2D eigenvalue weighted by atomic mass is 16.7. The lowest BCUT2D eigenvalue weighted by Crippen LogP contribution is -2.61. The van der Waals surface area contributed by atoms with Crippen LogP contribution in [0.1, 0.15) is 201 Å². The molecule has 1 fully saturated rings. The van der Waals surface area contributed by atoms with Gasteiger partial charge in [-0.25, -0.2) is 4.79 Å². The lowest BCUT2D eigenvalue weighted by atomic mass is 9.98. The Morgan fingerprint density at radius 1 is 0.453 bits per heavy atom. The fourth-order valence-electron chi connectivity index (χ4n) is 7.64. The lowest BCUT2D eigenvalue weighted by Gasteiger charge is -2.40. The van der Waals surface area contributed by atoms with Crippen LogP contribution in [0.4, 0.5) is 0 Å². The Morgan fingerprint density at radius 3 is 1.33 bits per heavy atom. The van der Waals surface area contributed by atoms with Crippen LogP contribution in [-0.4, -0.2) is 89.2 Å². The number of hydrogen-bond acceptors (Lipinski definition) is 11. The van der Waals surface area contributed by atoms with Crippen molar-refractivity contribution in [2.75, 3.05) is 13.2 Å². The Labute approximate surface area is 452 Å². The number of rotatable bonds is 46. The summed E-state index contributed by atoms with van der Waals surface area (Å²) in [7, 11) is 0. The molecule has 1 rings (SSSR count). The van der Waals surface area contributed by atoms with Crippen LogP contribution < -0.4 is 0 Å². The smallest absolute Gasteiger partial charge is 0.335 e. The van der Waals surface area contributed by atoms with Gasteiger partial charge in [-0.2, -0.15) is 0 Å². The minimum absolute atomic E-state index is 0.0740. The number of ether oxygens (including phenoxy) is 5. The van der Waals surface area contributed by atoms with Gasteiger partial charge in [0.2, 0.25) is 0 Å². The molecule has 0 aromatic rings. The van der Waals surface area contributed by atoms with E-state index in [2.05, 4.69) is 124 Å². The molecule has 6 unspecified atom stereocenters. The molecule has 3 N–H and O–H groups in total. The van der Waals surface area contributed by atoms with Gasteiger partial charge in [-0.3, -0.25) is 14.4 Å². The van der Waals surface area contributed by atoms with Crippen LogP contribution in [0.3, 0.4) is 0 Å². The van der Waals surface area contributed by atoms with Gasteiger partial charge >= 0.3 is 23.9 Å². The zero-order valence-electron chi connectivity index (χ0n) is 46.2. The first-order valence-electron chi connectivity index (χ1n) is 28.5. The second-order valence-electron chi connectivity index (χ2n) is 18.8. The number of carbonyl (C=O) groups is 4. The normalized spacial score (nSPS) is 19.1. The van der Waals surface area contributed by atoms with E-state index in [1.165, 1.54) is 0 Å². The minimum atomic E-state index is -1.94. The van der Waals surface area contributed by atoms with Gasteiger partial charge in [0.05, 0.1) is 6.61 Å². The zero-order chi connectivity index (χ0) is 54.7. The molecule has 0 aliphatic carbocycles. The summed E-state index contributed by atoms with van der Waals surface area (Å²) in [6.07, 6.45) is 56.1. The van der Waals surface area contributed by atoms with Crippen molar-refractivity contribution in [1.29, 1.82) is 0 Å². The van der Waals surface area contributed by atoms with Crippen molar-refractivity contribution in [3.63, 3.8) is 0 Å². The first kappa shape index (κ1) is 68.1. The topological polar surface area (TPSA) is 175 Å². The first-order chi connectivity index (χ1) is 36.6. The fourth-order valence-corrected chi connectivity index (χ4v) is 7.64. The molecule has 12 nitrogen and oxygen atoms in total. The Balaban J connectivity index is 2.76. The summed E-state index contributed by atoms with van der Waals surface area (Å²) in [6.45, 7) is 5.67. The van der Waals surface area contributed by atoms with Crippen LogP contribution in [0.25, 0.3) is 0 Å². The number of unbranched alkanes of at least 4 members (excludes halogenated alkanes) is 12. The molecular formula is C63H98O12. The lowest BCUT2D eigenvalue weighted by molar-refractivity contribution is -0.301. The van der Waals surface area contributed by atoms with E-state index in [9.17, 15) is 34.5 Å². The molecule has 0 aromatic heterocycles. The maximum atomic E-state index is 13.1. The average molecular weight is 1050 g/mol. The van der Waals surface area contributed by atoms with Crippen LogP contribution in [0, 0.1) is 0 Å². The van der Waals surface area contributed by atoms with Crippen LogP contribution in [0.5, 0.6) is 0 Å². The third-order valence-corrected chi connectivity index (χ3v) is 12.0. The van der Waals surface area contributed by atoms with Gasteiger partial charge in [0.25, 0.3) is 0 Å². The molecule has 0 spiro atoms. The minimum Gasteiger partial charge on any atom is -0.479 e. The van der Waals surface area contributed by atoms with Crippen molar-refractivity contribution in [3.05, 3.63) is 122 Å². The SMILES string of the molecule is CC/C=C\C/C=C\C/C=C\C/C=C\C/C=C\C/C=C\CCC(=O)OC1C(OCC(COC(=O)CCCCCCC/C=C\C/C=C\CCC)OC(=O)CCCCCCC/C=C\C/C=C\CCC)OC(C(=O)O)C(O)C1O. The number of esters is 3. The summed E-state index contributed by atoms with van der Waals surface area (Å²) in [5.41, 5.74) is 0. The van der Waals surface area contributed by atoms with Crippen molar-refractivity contribution in [1.82, 2.24) is 0 Å². The molecule has 1 heterocycles. The number of carboxylic acids is 1. The Bertz CT molecular complexity index is 1770.